The van der Waals surface area contributed by atoms with Crippen LogP contribution in [-0.4, -0.2) is 36.6 Å². The summed E-state index contributed by atoms with van der Waals surface area (Å²) >= 11 is 0. The Morgan fingerprint density at radius 3 is 2.35 bits per heavy atom. The van der Waals surface area contributed by atoms with Crippen molar-refractivity contribution < 1.29 is 0 Å². The minimum Gasteiger partial charge on any atom is -0.314 e. The number of hydrogen-bond acceptors (Lipinski definition) is 2. The van der Waals surface area contributed by atoms with Gasteiger partial charge in [0.2, 0.25) is 0 Å². The maximum Gasteiger partial charge on any atom is 0.0120 e. The second-order valence-corrected chi connectivity index (χ2v) is 7.50. The molecule has 1 aliphatic carbocycles. The third kappa shape index (κ3) is 4.21. The fourth-order valence-electron chi connectivity index (χ4n) is 4.27. The van der Waals surface area contributed by atoms with Crippen molar-refractivity contribution in [2.75, 3.05) is 19.6 Å². The van der Waals surface area contributed by atoms with Crippen molar-refractivity contribution in [2.24, 2.45) is 17.8 Å². The van der Waals surface area contributed by atoms with Crippen LogP contribution in [-0.2, 0) is 0 Å². The predicted octanol–water partition coefficient (Wildman–Crippen LogP) is 3.91. The SMILES string of the molecule is CCNC1CCN(CCC2CCC(C)CC2)C(C)C1C. The Kier molecular flexibility index (Phi) is 6.35. The van der Waals surface area contributed by atoms with Gasteiger partial charge in [-0.15, -0.1) is 0 Å². The van der Waals surface area contributed by atoms with Gasteiger partial charge in [-0.1, -0.05) is 46.5 Å². The Hall–Kier alpha value is -0.0800. The summed E-state index contributed by atoms with van der Waals surface area (Å²) in [6.45, 7) is 13.3. The molecule has 20 heavy (non-hydrogen) atoms. The summed E-state index contributed by atoms with van der Waals surface area (Å²) in [5.74, 6) is 2.79. The van der Waals surface area contributed by atoms with Gasteiger partial charge < -0.3 is 10.2 Å². The fraction of sp³-hybridized carbons (Fsp3) is 1.00. The van der Waals surface area contributed by atoms with Gasteiger partial charge in [-0.2, -0.15) is 0 Å². The average molecular weight is 280 g/mol. The summed E-state index contributed by atoms with van der Waals surface area (Å²) in [4.78, 5) is 2.76. The lowest BCUT2D eigenvalue weighted by Gasteiger charge is -2.43. The number of nitrogens with zero attached hydrogens (tertiary/aromatic N) is 1. The number of nitrogens with one attached hydrogen (secondary N) is 1. The molecular weight excluding hydrogens is 244 g/mol. The molecule has 0 amide bonds. The lowest BCUT2D eigenvalue weighted by atomic mass is 9.81. The Labute approximate surface area is 126 Å². The average Bonchev–Trinajstić information content (AvgIpc) is 2.45. The van der Waals surface area contributed by atoms with E-state index in [2.05, 4.69) is 37.9 Å². The first-order chi connectivity index (χ1) is 9.61. The number of likely N-dealkylation sites (tertiary alicyclic amines) is 1. The highest BCUT2D eigenvalue weighted by molar-refractivity contribution is 4.88. The summed E-state index contributed by atoms with van der Waals surface area (Å²) in [6.07, 6.45) is 8.69. The van der Waals surface area contributed by atoms with Crippen LogP contribution in [0.25, 0.3) is 0 Å². The first-order valence-corrected chi connectivity index (χ1v) is 9.09. The molecule has 0 aromatic rings. The zero-order chi connectivity index (χ0) is 14.5. The Morgan fingerprint density at radius 1 is 1.00 bits per heavy atom. The van der Waals surface area contributed by atoms with Crippen molar-refractivity contribution in [3.63, 3.8) is 0 Å². The number of piperidine rings is 1. The molecule has 0 spiro atoms. The van der Waals surface area contributed by atoms with Crippen molar-refractivity contribution >= 4 is 0 Å². The van der Waals surface area contributed by atoms with Crippen molar-refractivity contribution in [1.82, 2.24) is 10.2 Å². The third-order valence-electron chi connectivity index (χ3n) is 6.13. The molecule has 1 saturated carbocycles. The number of rotatable bonds is 5. The fourth-order valence-corrected chi connectivity index (χ4v) is 4.27. The van der Waals surface area contributed by atoms with E-state index in [1.54, 1.807) is 0 Å². The minimum absolute atomic E-state index is 0.738. The van der Waals surface area contributed by atoms with Gasteiger partial charge in [0.05, 0.1) is 0 Å². The van der Waals surface area contributed by atoms with Gasteiger partial charge in [0.1, 0.15) is 0 Å². The maximum absolute atomic E-state index is 3.67. The van der Waals surface area contributed by atoms with Crippen LogP contribution in [0.2, 0.25) is 0 Å². The molecule has 2 aliphatic rings. The summed E-state index contributed by atoms with van der Waals surface area (Å²) in [5, 5.41) is 3.67. The summed E-state index contributed by atoms with van der Waals surface area (Å²) < 4.78 is 0. The standard InChI is InChI=1S/C18H36N2/c1-5-19-18-11-13-20(16(4)15(18)3)12-10-17-8-6-14(2)7-9-17/h14-19H,5-13H2,1-4H3. The van der Waals surface area contributed by atoms with Gasteiger partial charge in [-0.25, -0.2) is 0 Å². The van der Waals surface area contributed by atoms with Crippen LogP contribution in [0.15, 0.2) is 0 Å². The van der Waals surface area contributed by atoms with Crippen molar-refractivity contribution in [1.29, 1.82) is 0 Å². The van der Waals surface area contributed by atoms with Crippen molar-refractivity contribution in [3.8, 4) is 0 Å². The van der Waals surface area contributed by atoms with E-state index in [4.69, 9.17) is 0 Å². The third-order valence-corrected chi connectivity index (χ3v) is 6.13. The van der Waals surface area contributed by atoms with E-state index in [0.29, 0.717) is 0 Å². The lowest BCUT2D eigenvalue weighted by Crippen LogP contribution is -2.53. The first kappa shape index (κ1) is 16.3. The van der Waals surface area contributed by atoms with Crippen LogP contribution < -0.4 is 5.32 Å². The van der Waals surface area contributed by atoms with E-state index >= 15 is 0 Å². The molecule has 0 radical (unpaired) electrons. The Balaban J connectivity index is 1.73. The topological polar surface area (TPSA) is 15.3 Å². The van der Waals surface area contributed by atoms with E-state index in [1.807, 2.05) is 0 Å². The van der Waals surface area contributed by atoms with Gasteiger partial charge in [0.25, 0.3) is 0 Å². The van der Waals surface area contributed by atoms with Crippen molar-refractivity contribution in [3.05, 3.63) is 0 Å². The van der Waals surface area contributed by atoms with Crippen LogP contribution >= 0.6 is 0 Å². The number of hydrogen-bond donors (Lipinski definition) is 1. The van der Waals surface area contributed by atoms with Gasteiger partial charge >= 0.3 is 0 Å². The first-order valence-electron chi connectivity index (χ1n) is 9.09. The Bertz CT molecular complexity index is 271. The van der Waals surface area contributed by atoms with Crippen LogP contribution in [0.4, 0.5) is 0 Å². The van der Waals surface area contributed by atoms with Gasteiger partial charge in [-0.05, 0) is 57.2 Å². The zero-order valence-electron chi connectivity index (χ0n) is 14.2. The van der Waals surface area contributed by atoms with Gasteiger partial charge in [0, 0.05) is 12.1 Å². The molecule has 0 aromatic carbocycles. The largest absolute Gasteiger partial charge is 0.314 e. The molecular formula is C18H36N2. The van der Waals surface area contributed by atoms with E-state index < -0.39 is 0 Å². The molecule has 3 atom stereocenters. The molecule has 1 aliphatic heterocycles. The minimum atomic E-state index is 0.738. The molecule has 2 nitrogen and oxygen atoms in total. The highest BCUT2D eigenvalue weighted by atomic mass is 15.2. The van der Waals surface area contributed by atoms with Crippen LogP contribution in [0, 0.1) is 17.8 Å². The molecule has 2 rings (SSSR count). The molecule has 118 valence electrons. The van der Waals surface area contributed by atoms with E-state index in [1.165, 1.54) is 51.6 Å². The van der Waals surface area contributed by atoms with Gasteiger partial charge in [0.15, 0.2) is 0 Å². The quantitative estimate of drug-likeness (QED) is 0.821. The van der Waals surface area contributed by atoms with E-state index in [0.717, 1.165) is 36.4 Å². The molecule has 3 unspecified atom stereocenters. The molecule has 2 fully saturated rings. The molecule has 0 aromatic heterocycles. The van der Waals surface area contributed by atoms with Crippen molar-refractivity contribution in [2.45, 2.75) is 78.3 Å². The van der Waals surface area contributed by atoms with Crippen LogP contribution in [0.5, 0.6) is 0 Å². The maximum atomic E-state index is 3.67. The predicted molar refractivity (Wildman–Crippen MR) is 88.0 cm³/mol. The second-order valence-electron chi connectivity index (χ2n) is 7.50. The van der Waals surface area contributed by atoms with Crippen LogP contribution in [0.1, 0.15) is 66.2 Å². The molecule has 0 bridgehead atoms. The van der Waals surface area contributed by atoms with E-state index in [9.17, 15) is 0 Å². The normalized spacial score (nSPS) is 39.9. The monoisotopic (exact) mass is 280 g/mol. The summed E-state index contributed by atoms with van der Waals surface area (Å²) in [6, 6.07) is 1.48. The molecule has 2 heteroatoms. The highest BCUT2D eigenvalue weighted by Gasteiger charge is 2.32. The van der Waals surface area contributed by atoms with Gasteiger partial charge in [-0.3, -0.25) is 0 Å². The second kappa shape index (κ2) is 7.79. The van der Waals surface area contributed by atoms with Crippen LogP contribution in [0.3, 0.4) is 0 Å². The highest BCUT2D eigenvalue weighted by Crippen LogP contribution is 2.31. The summed E-state index contributed by atoms with van der Waals surface area (Å²) in [7, 11) is 0. The zero-order valence-corrected chi connectivity index (χ0v) is 14.2. The molecule has 1 heterocycles. The summed E-state index contributed by atoms with van der Waals surface area (Å²) in [5.41, 5.74) is 0. The lowest BCUT2D eigenvalue weighted by molar-refractivity contribution is 0.0768. The van der Waals surface area contributed by atoms with E-state index in [-0.39, 0.29) is 0 Å². The smallest absolute Gasteiger partial charge is 0.0120 e. The Morgan fingerprint density at radius 2 is 1.70 bits per heavy atom. The molecule has 1 N–H and O–H groups in total. The molecule has 1 saturated heterocycles.